The lowest BCUT2D eigenvalue weighted by Crippen LogP contribution is -2.57. The van der Waals surface area contributed by atoms with Crippen LogP contribution in [0.5, 0.6) is 0 Å². The lowest BCUT2D eigenvalue weighted by Gasteiger charge is -2.33. The molecule has 7 nitrogen and oxygen atoms in total. The van der Waals surface area contributed by atoms with Gasteiger partial charge in [0.15, 0.2) is 0 Å². The SMILES string of the molecule is CC(=O)NCCC(=O)NC1(C(=O)O)CCOCC1. The third kappa shape index (κ3) is 3.99. The van der Waals surface area contributed by atoms with E-state index in [4.69, 9.17) is 4.74 Å². The fourth-order valence-electron chi connectivity index (χ4n) is 1.79. The minimum absolute atomic E-state index is 0.0649. The van der Waals surface area contributed by atoms with Crippen LogP contribution in [0.3, 0.4) is 0 Å². The van der Waals surface area contributed by atoms with E-state index in [1.165, 1.54) is 6.92 Å². The molecule has 0 unspecified atom stereocenters. The highest BCUT2D eigenvalue weighted by molar-refractivity contribution is 5.87. The second-order valence-electron chi connectivity index (χ2n) is 4.28. The average molecular weight is 258 g/mol. The van der Waals surface area contributed by atoms with E-state index < -0.39 is 11.5 Å². The van der Waals surface area contributed by atoms with Gasteiger partial charge in [0.1, 0.15) is 5.54 Å². The smallest absolute Gasteiger partial charge is 0.329 e. The van der Waals surface area contributed by atoms with E-state index in [1.54, 1.807) is 0 Å². The first-order valence-electron chi connectivity index (χ1n) is 5.83. The molecule has 2 amide bonds. The topological polar surface area (TPSA) is 105 Å². The van der Waals surface area contributed by atoms with Crippen molar-refractivity contribution in [1.29, 1.82) is 0 Å². The quantitative estimate of drug-likeness (QED) is 0.602. The molecule has 7 heteroatoms. The Labute approximate surface area is 105 Å². The number of amides is 2. The van der Waals surface area contributed by atoms with Crippen molar-refractivity contribution in [1.82, 2.24) is 10.6 Å². The number of aliphatic carboxylic acids is 1. The van der Waals surface area contributed by atoms with Gasteiger partial charge in [-0.05, 0) is 0 Å². The Morgan fingerprint density at radius 1 is 1.28 bits per heavy atom. The van der Waals surface area contributed by atoms with Gasteiger partial charge in [0.2, 0.25) is 11.8 Å². The van der Waals surface area contributed by atoms with Crippen LogP contribution in [0.1, 0.15) is 26.2 Å². The van der Waals surface area contributed by atoms with E-state index in [9.17, 15) is 19.5 Å². The number of hydrogen-bond donors (Lipinski definition) is 3. The number of nitrogens with one attached hydrogen (secondary N) is 2. The van der Waals surface area contributed by atoms with E-state index >= 15 is 0 Å². The summed E-state index contributed by atoms with van der Waals surface area (Å²) in [5.74, 6) is -1.64. The average Bonchev–Trinajstić information content (AvgIpc) is 2.29. The summed E-state index contributed by atoms with van der Waals surface area (Å²) in [6.45, 7) is 2.19. The molecule has 0 bridgehead atoms. The van der Waals surface area contributed by atoms with Crippen LogP contribution in [0.25, 0.3) is 0 Å². The van der Waals surface area contributed by atoms with Crippen LogP contribution in [0.15, 0.2) is 0 Å². The van der Waals surface area contributed by atoms with Gasteiger partial charge in [-0.3, -0.25) is 9.59 Å². The first-order valence-corrected chi connectivity index (χ1v) is 5.83. The zero-order chi connectivity index (χ0) is 13.6. The maximum atomic E-state index is 11.6. The van der Waals surface area contributed by atoms with Crippen LogP contribution in [-0.4, -0.2) is 48.2 Å². The zero-order valence-electron chi connectivity index (χ0n) is 10.3. The van der Waals surface area contributed by atoms with E-state index in [0.717, 1.165) is 0 Å². The molecule has 0 aliphatic carbocycles. The minimum Gasteiger partial charge on any atom is -0.480 e. The Morgan fingerprint density at radius 3 is 2.39 bits per heavy atom. The summed E-state index contributed by atoms with van der Waals surface area (Å²) in [5, 5.41) is 14.2. The van der Waals surface area contributed by atoms with E-state index in [0.29, 0.717) is 13.2 Å². The van der Waals surface area contributed by atoms with Gasteiger partial charge in [0.25, 0.3) is 0 Å². The van der Waals surface area contributed by atoms with E-state index in [-0.39, 0.29) is 37.6 Å². The summed E-state index contributed by atoms with van der Waals surface area (Å²) in [4.78, 5) is 33.5. The predicted octanol–water partition coefficient (Wildman–Crippen LogP) is -0.737. The molecule has 1 heterocycles. The maximum Gasteiger partial charge on any atom is 0.329 e. The van der Waals surface area contributed by atoms with Gasteiger partial charge in [0, 0.05) is 45.9 Å². The molecule has 1 saturated heterocycles. The van der Waals surface area contributed by atoms with Crippen molar-refractivity contribution >= 4 is 17.8 Å². The molecule has 1 fully saturated rings. The van der Waals surface area contributed by atoms with Crippen LogP contribution in [0, 0.1) is 0 Å². The summed E-state index contributed by atoms with van der Waals surface area (Å²) in [6, 6.07) is 0. The number of carboxylic acids is 1. The molecule has 0 saturated carbocycles. The maximum absolute atomic E-state index is 11.6. The van der Waals surface area contributed by atoms with Crippen LogP contribution in [0.2, 0.25) is 0 Å². The normalized spacial score (nSPS) is 17.8. The van der Waals surface area contributed by atoms with Crippen molar-refractivity contribution in [2.75, 3.05) is 19.8 Å². The van der Waals surface area contributed by atoms with E-state index in [2.05, 4.69) is 10.6 Å². The third-order valence-electron chi connectivity index (χ3n) is 2.86. The van der Waals surface area contributed by atoms with Gasteiger partial charge in [-0.15, -0.1) is 0 Å². The molecule has 1 aliphatic heterocycles. The molecule has 0 aromatic heterocycles. The van der Waals surface area contributed by atoms with Gasteiger partial charge in [0.05, 0.1) is 0 Å². The fraction of sp³-hybridized carbons (Fsp3) is 0.727. The molecule has 0 atom stereocenters. The summed E-state index contributed by atoms with van der Waals surface area (Å²) < 4.78 is 5.10. The Balaban J connectivity index is 2.48. The second kappa shape index (κ2) is 6.34. The fourth-order valence-corrected chi connectivity index (χ4v) is 1.79. The molecule has 0 spiro atoms. The lowest BCUT2D eigenvalue weighted by molar-refractivity contribution is -0.152. The van der Waals surface area contributed by atoms with Gasteiger partial charge < -0.3 is 20.5 Å². The summed E-state index contributed by atoms with van der Waals surface area (Å²) in [5.41, 5.74) is -1.23. The molecule has 3 N–H and O–H groups in total. The second-order valence-corrected chi connectivity index (χ2v) is 4.28. The first-order chi connectivity index (χ1) is 8.46. The number of ether oxygens (including phenoxy) is 1. The monoisotopic (exact) mass is 258 g/mol. The molecule has 18 heavy (non-hydrogen) atoms. The molecule has 0 aromatic rings. The summed E-state index contributed by atoms with van der Waals surface area (Å²) >= 11 is 0. The Bertz CT molecular complexity index is 336. The molecular formula is C11H18N2O5. The van der Waals surface area contributed by atoms with Crippen LogP contribution < -0.4 is 10.6 Å². The van der Waals surface area contributed by atoms with Crippen molar-refractivity contribution in [2.24, 2.45) is 0 Å². The van der Waals surface area contributed by atoms with Crippen molar-refractivity contribution < 1.29 is 24.2 Å². The molecular weight excluding hydrogens is 240 g/mol. The molecule has 0 aromatic carbocycles. The van der Waals surface area contributed by atoms with Crippen molar-refractivity contribution in [3.8, 4) is 0 Å². The van der Waals surface area contributed by atoms with Gasteiger partial charge in [-0.1, -0.05) is 0 Å². The zero-order valence-corrected chi connectivity index (χ0v) is 10.3. The summed E-state index contributed by atoms with van der Waals surface area (Å²) in [6.07, 6.45) is 0.581. The van der Waals surface area contributed by atoms with Crippen LogP contribution in [0.4, 0.5) is 0 Å². The predicted molar refractivity (Wildman–Crippen MR) is 61.9 cm³/mol. The van der Waals surface area contributed by atoms with Crippen molar-refractivity contribution in [3.63, 3.8) is 0 Å². The lowest BCUT2D eigenvalue weighted by atomic mass is 9.90. The minimum atomic E-state index is -1.23. The Kier molecular flexibility index (Phi) is 5.08. The standard InChI is InChI=1S/C11H18N2O5/c1-8(14)12-5-2-9(15)13-11(10(16)17)3-6-18-7-4-11/h2-7H2,1H3,(H,12,14)(H,13,15)(H,16,17). The first kappa shape index (κ1) is 14.4. The highest BCUT2D eigenvalue weighted by Crippen LogP contribution is 2.21. The number of hydrogen-bond acceptors (Lipinski definition) is 4. The number of rotatable bonds is 5. The van der Waals surface area contributed by atoms with Gasteiger partial charge in [-0.25, -0.2) is 4.79 Å². The molecule has 1 rings (SSSR count). The highest BCUT2D eigenvalue weighted by atomic mass is 16.5. The molecule has 102 valence electrons. The largest absolute Gasteiger partial charge is 0.480 e. The molecule has 1 aliphatic rings. The number of carbonyl (C=O) groups is 3. The Morgan fingerprint density at radius 2 is 1.89 bits per heavy atom. The number of carboxylic acid groups (broad SMARTS) is 1. The van der Waals surface area contributed by atoms with Gasteiger partial charge >= 0.3 is 5.97 Å². The van der Waals surface area contributed by atoms with Crippen molar-refractivity contribution in [3.05, 3.63) is 0 Å². The Hall–Kier alpha value is -1.63. The van der Waals surface area contributed by atoms with Crippen molar-refractivity contribution in [2.45, 2.75) is 31.7 Å². The van der Waals surface area contributed by atoms with Crippen LogP contribution in [-0.2, 0) is 19.1 Å². The van der Waals surface area contributed by atoms with Crippen LogP contribution >= 0.6 is 0 Å². The summed E-state index contributed by atoms with van der Waals surface area (Å²) in [7, 11) is 0. The molecule has 0 radical (unpaired) electrons. The number of carbonyl (C=O) groups excluding carboxylic acids is 2. The third-order valence-corrected chi connectivity index (χ3v) is 2.86. The highest BCUT2D eigenvalue weighted by Gasteiger charge is 2.41. The van der Waals surface area contributed by atoms with E-state index in [1.807, 2.05) is 0 Å². The van der Waals surface area contributed by atoms with Gasteiger partial charge in [-0.2, -0.15) is 0 Å².